The van der Waals surface area contributed by atoms with Crippen molar-refractivity contribution >= 4 is 19.5 Å². The highest BCUT2D eigenvalue weighted by molar-refractivity contribution is 7.00. The maximum Gasteiger partial charge on any atom is 0.197 e. The molecule has 0 atom stereocenters. The van der Waals surface area contributed by atoms with Gasteiger partial charge in [0, 0.05) is 5.70 Å². The standard InChI is InChI=1S/C25H33NSi/c1-19-22(18-20-14-10-8-11-15-20)26-27(24(2,3)4,25(5,6)7)23(19)21-16-12-9-13-17-21/h8-18,26H,1-7H3/b22-18-. The van der Waals surface area contributed by atoms with Crippen molar-refractivity contribution in [2.24, 2.45) is 0 Å². The molecule has 0 unspecified atom stereocenters. The molecule has 0 aromatic heterocycles. The summed E-state index contributed by atoms with van der Waals surface area (Å²) in [4.78, 5) is 4.16. The Labute approximate surface area is 166 Å². The number of hydrogen-bond donors (Lipinski definition) is 1. The van der Waals surface area contributed by atoms with E-state index in [0.29, 0.717) is 0 Å². The molecule has 0 saturated heterocycles. The highest BCUT2D eigenvalue weighted by Gasteiger charge is 2.60. The summed E-state index contributed by atoms with van der Waals surface area (Å²) in [7, 11) is -2.12. The summed E-state index contributed by atoms with van der Waals surface area (Å²) in [5.41, 5.74) is 5.31. The van der Waals surface area contributed by atoms with Crippen LogP contribution in [0.1, 0.15) is 59.6 Å². The average molecular weight is 376 g/mol. The van der Waals surface area contributed by atoms with E-state index in [1.807, 2.05) is 0 Å². The zero-order valence-corrected chi connectivity index (χ0v) is 18.9. The largest absolute Gasteiger partial charge is 0.406 e. The fourth-order valence-corrected chi connectivity index (χ4v) is 11.5. The molecule has 3 rings (SSSR count). The van der Waals surface area contributed by atoms with Gasteiger partial charge in [-0.1, -0.05) is 102 Å². The highest BCUT2D eigenvalue weighted by Crippen LogP contribution is 2.59. The van der Waals surface area contributed by atoms with Crippen molar-refractivity contribution in [3.63, 3.8) is 0 Å². The summed E-state index contributed by atoms with van der Waals surface area (Å²) >= 11 is 0. The Morgan fingerprint density at radius 1 is 0.741 bits per heavy atom. The molecule has 1 aliphatic rings. The van der Waals surface area contributed by atoms with Crippen molar-refractivity contribution in [2.45, 2.75) is 58.5 Å². The van der Waals surface area contributed by atoms with E-state index in [4.69, 9.17) is 0 Å². The SMILES string of the molecule is CC1=C(c2ccccc2)[Si](C(C)(C)C)(C(C)(C)C)N/C1=C\c1ccccc1. The molecular weight excluding hydrogens is 342 g/mol. The van der Waals surface area contributed by atoms with Crippen molar-refractivity contribution < 1.29 is 0 Å². The van der Waals surface area contributed by atoms with Crippen LogP contribution in [-0.4, -0.2) is 8.24 Å². The van der Waals surface area contributed by atoms with Gasteiger partial charge in [-0.05, 0) is 45.0 Å². The van der Waals surface area contributed by atoms with Crippen LogP contribution in [0.25, 0.3) is 11.3 Å². The van der Waals surface area contributed by atoms with Gasteiger partial charge in [-0.15, -0.1) is 0 Å². The summed E-state index contributed by atoms with van der Waals surface area (Å²) in [6.07, 6.45) is 2.32. The first kappa shape index (κ1) is 19.7. The molecule has 0 bridgehead atoms. The van der Waals surface area contributed by atoms with Gasteiger partial charge in [-0.3, -0.25) is 0 Å². The fraction of sp³-hybridized carbons (Fsp3) is 0.360. The molecule has 1 heterocycles. The Balaban J connectivity index is 2.30. The van der Waals surface area contributed by atoms with E-state index in [9.17, 15) is 0 Å². The van der Waals surface area contributed by atoms with Crippen molar-refractivity contribution in [3.05, 3.63) is 83.1 Å². The molecule has 142 valence electrons. The van der Waals surface area contributed by atoms with Crippen LogP contribution in [0.4, 0.5) is 0 Å². The van der Waals surface area contributed by atoms with Gasteiger partial charge in [0.15, 0.2) is 8.24 Å². The summed E-state index contributed by atoms with van der Waals surface area (Å²) < 4.78 is 0. The molecule has 27 heavy (non-hydrogen) atoms. The second kappa shape index (κ2) is 6.83. The molecule has 1 aliphatic heterocycles. The van der Waals surface area contributed by atoms with Crippen molar-refractivity contribution in [2.75, 3.05) is 0 Å². The smallest absolute Gasteiger partial charge is 0.197 e. The topological polar surface area (TPSA) is 12.0 Å². The molecule has 2 aromatic carbocycles. The van der Waals surface area contributed by atoms with Crippen LogP contribution in [0.15, 0.2) is 71.9 Å². The molecule has 0 fully saturated rings. The number of hydrogen-bond acceptors (Lipinski definition) is 1. The van der Waals surface area contributed by atoms with E-state index in [1.54, 1.807) is 5.20 Å². The second-order valence-corrected chi connectivity index (χ2v) is 15.0. The molecule has 0 amide bonds. The fourth-order valence-electron chi connectivity index (χ4n) is 4.92. The highest BCUT2D eigenvalue weighted by atomic mass is 28.3. The Hall–Kier alpha value is -2.06. The van der Waals surface area contributed by atoms with Crippen LogP contribution in [0.3, 0.4) is 0 Å². The first-order valence-corrected chi connectivity index (χ1v) is 11.9. The van der Waals surface area contributed by atoms with Gasteiger partial charge in [0.25, 0.3) is 0 Å². The first-order valence-electron chi connectivity index (χ1n) is 9.90. The van der Waals surface area contributed by atoms with Crippen molar-refractivity contribution in [1.82, 2.24) is 4.98 Å². The molecule has 2 heteroatoms. The number of allylic oxidation sites excluding steroid dienone is 1. The predicted molar refractivity (Wildman–Crippen MR) is 122 cm³/mol. The van der Waals surface area contributed by atoms with E-state index in [0.717, 1.165) is 0 Å². The molecule has 1 N–H and O–H groups in total. The lowest BCUT2D eigenvalue weighted by atomic mass is 10.1. The molecule has 0 aliphatic carbocycles. The second-order valence-electron chi connectivity index (χ2n) is 9.71. The van der Waals surface area contributed by atoms with Crippen LogP contribution in [0.2, 0.25) is 10.1 Å². The molecule has 2 aromatic rings. The minimum atomic E-state index is -2.12. The molecule has 0 radical (unpaired) electrons. The van der Waals surface area contributed by atoms with E-state index in [-0.39, 0.29) is 10.1 Å². The normalized spacial score (nSPS) is 18.7. The number of benzene rings is 2. The van der Waals surface area contributed by atoms with Crippen molar-refractivity contribution in [1.29, 1.82) is 0 Å². The van der Waals surface area contributed by atoms with Crippen LogP contribution >= 0.6 is 0 Å². The average Bonchev–Trinajstić information content (AvgIpc) is 2.90. The van der Waals surface area contributed by atoms with E-state index in [1.165, 1.54) is 22.4 Å². The third kappa shape index (κ3) is 3.32. The quantitative estimate of drug-likeness (QED) is 0.548. The van der Waals surface area contributed by atoms with Gasteiger partial charge in [0.2, 0.25) is 0 Å². The molecular formula is C25H33NSi. The minimum absolute atomic E-state index is 0.171. The first-order chi connectivity index (χ1) is 12.6. The third-order valence-corrected chi connectivity index (χ3v) is 12.5. The summed E-state index contributed by atoms with van der Waals surface area (Å²) in [5.74, 6) is 0. The zero-order valence-electron chi connectivity index (χ0n) is 17.9. The number of rotatable bonds is 2. The summed E-state index contributed by atoms with van der Waals surface area (Å²) in [6.45, 7) is 16.8. The minimum Gasteiger partial charge on any atom is -0.406 e. The van der Waals surface area contributed by atoms with Gasteiger partial charge in [-0.2, -0.15) is 0 Å². The lowest BCUT2D eigenvalue weighted by Gasteiger charge is -2.51. The Kier molecular flexibility index (Phi) is 4.98. The lowest BCUT2D eigenvalue weighted by Crippen LogP contribution is -2.61. The Morgan fingerprint density at radius 2 is 1.22 bits per heavy atom. The van der Waals surface area contributed by atoms with E-state index >= 15 is 0 Å². The van der Waals surface area contributed by atoms with Gasteiger partial charge in [-0.25, -0.2) is 0 Å². The van der Waals surface area contributed by atoms with E-state index < -0.39 is 8.24 Å². The maximum atomic E-state index is 4.16. The monoisotopic (exact) mass is 375 g/mol. The van der Waals surface area contributed by atoms with Gasteiger partial charge >= 0.3 is 0 Å². The maximum absolute atomic E-state index is 4.16. The van der Waals surface area contributed by atoms with E-state index in [2.05, 4.69) is 120 Å². The zero-order chi connectivity index (χ0) is 19.9. The van der Waals surface area contributed by atoms with Gasteiger partial charge in [0.05, 0.1) is 0 Å². The van der Waals surface area contributed by atoms with Gasteiger partial charge in [0.1, 0.15) is 0 Å². The van der Waals surface area contributed by atoms with Crippen LogP contribution in [0.5, 0.6) is 0 Å². The Bertz CT molecular complexity index is 848. The Morgan fingerprint density at radius 3 is 1.70 bits per heavy atom. The predicted octanol–water partition coefficient (Wildman–Crippen LogP) is 7.19. The van der Waals surface area contributed by atoms with Crippen molar-refractivity contribution in [3.8, 4) is 0 Å². The summed E-state index contributed by atoms with van der Waals surface area (Å²) in [5, 5.41) is 1.90. The molecule has 0 saturated carbocycles. The van der Waals surface area contributed by atoms with Crippen LogP contribution < -0.4 is 4.98 Å². The van der Waals surface area contributed by atoms with Gasteiger partial charge < -0.3 is 4.98 Å². The lowest BCUT2D eigenvalue weighted by molar-refractivity contribution is 0.611. The summed E-state index contributed by atoms with van der Waals surface area (Å²) in [6, 6.07) is 21.7. The third-order valence-electron chi connectivity index (χ3n) is 5.90. The van der Waals surface area contributed by atoms with Crippen LogP contribution in [0, 0.1) is 0 Å². The number of nitrogens with one attached hydrogen (secondary N) is 1. The van der Waals surface area contributed by atoms with Crippen LogP contribution in [-0.2, 0) is 0 Å². The molecule has 1 nitrogen and oxygen atoms in total. The molecule has 0 spiro atoms.